The SMILES string of the molecule is F[B-](F)(F)c1cnn(C2CCCCO2)c1.[K+]. The summed E-state index contributed by atoms with van der Waals surface area (Å²) in [6.07, 6.45) is 4.22. The zero-order chi connectivity index (χ0) is 10.9. The summed E-state index contributed by atoms with van der Waals surface area (Å²) >= 11 is 0. The Kier molecular flexibility index (Phi) is 5.53. The molecule has 2 rings (SSSR count). The molecule has 3 nitrogen and oxygen atoms in total. The van der Waals surface area contributed by atoms with E-state index in [1.165, 1.54) is 4.68 Å². The van der Waals surface area contributed by atoms with Crippen molar-refractivity contribution in [3.63, 3.8) is 0 Å². The van der Waals surface area contributed by atoms with Gasteiger partial charge in [0, 0.05) is 19.0 Å². The molecule has 1 aliphatic rings. The molecule has 1 saturated heterocycles. The number of rotatable bonds is 2. The van der Waals surface area contributed by atoms with Gasteiger partial charge in [0.25, 0.3) is 0 Å². The molecular formula is C8H11BF3KN2O. The topological polar surface area (TPSA) is 27.1 Å². The van der Waals surface area contributed by atoms with Crippen LogP contribution in [-0.2, 0) is 4.74 Å². The summed E-state index contributed by atoms with van der Waals surface area (Å²) in [5.74, 6) is 0. The molecule has 0 amide bonds. The van der Waals surface area contributed by atoms with Crippen LogP contribution in [-0.4, -0.2) is 23.4 Å². The fourth-order valence-corrected chi connectivity index (χ4v) is 1.61. The number of hydrogen-bond donors (Lipinski definition) is 0. The predicted molar refractivity (Wildman–Crippen MR) is 49.8 cm³/mol. The molecule has 0 bridgehead atoms. The molecule has 8 heteroatoms. The first-order valence-corrected chi connectivity index (χ1v) is 4.93. The Hall–Kier alpha value is 0.661. The first kappa shape index (κ1) is 14.7. The van der Waals surface area contributed by atoms with Gasteiger partial charge < -0.3 is 17.7 Å². The van der Waals surface area contributed by atoms with Crippen molar-refractivity contribution >= 4 is 12.4 Å². The molecule has 1 unspecified atom stereocenters. The monoisotopic (exact) mass is 258 g/mol. The quantitative estimate of drug-likeness (QED) is 0.613. The van der Waals surface area contributed by atoms with Crippen LogP contribution in [0.15, 0.2) is 12.4 Å². The zero-order valence-corrected chi connectivity index (χ0v) is 12.2. The molecule has 1 aromatic heterocycles. The third-order valence-electron chi connectivity index (χ3n) is 2.45. The van der Waals surface area contributed by atoms with Crippen LogP contribution in [0.25, 0.3) is 0 Å². The Morgan fingerprint density at radius 3 is 2.62 bits per heavy atom. The Labute approximate surface area is 134 Å². The third-order valence-corrected chi connectivity index (χ3v) is 2.45. The standard InChI is InChI=1S/C8H11BF3N2O.K/c10-9(11,12)7-5-13-14(6-7)8-3-1-2-4-15-8;/h5-6,8H,1-4H2;/q-1;+1. The van der Waals surface area contributed by atoms with Gasteiger partial charge in [-0.1, -0.05) is 5.46 Å². The van der Waals surface area contributed by atoms with Crippen LogP contribution >= 0.6 is 0 Å². The first-order valence-electron chi connectivity index (χ1n) is 4.93. The van der Waals surface area contributed by atoms with Gasteiger partial charge in [0.15, 0.2) is 0 Å². The summed E-state index contributed by atoms with van der Waals surface area (Å²) in [4.78, 5) is 0. The van der Waals surface area contributed by atoms with Gasteiger partial charge in [0.05, 0.1) is 0 Å². The Morgan fingerprint density at radius 2 is 2.12 bits per heavy atom. The average molecular weight is 258 g/mol. The minimum Gasteiger partial charge on any atom is -0.445 e. The largest absolute Gasteiger partial charge is 1.00 e. The number of aromatic nitrogens is 2. The molecule has 2 heterocycles. The molecule has 1 fully saturated rings. The molecule has 0 radical (unpaired) electrons. The van der Waals surface area contributed by atoms with Gasteiger partial charge in [0.1, 0.15) is 6.23 Å². The maximum atomic E-state index is 12.3. The van der Waals surface area contributed by atoms with Crippen LogP contribution in [0, 0.1) is 0 Å². The second kappa shape index (κ2) is 6.01. The van der Waals surface area contributed by atoms with Crippen molar-refractivity contribution in [1.82, 2.24) is 9.78 Å². The molecule has 0 spiro atoms. The van der Waals surface area contributed by atoms with Gasteiger partial charge in [-0.05, 0) is 19.3 Å². The second-order valence-electron chi connectivity index (χ2n) is 3.65. The summed E-state index contributed by atoms with van der Waals surface area (Å²) in [6, 6.07) is 0. The Morgan fingerprint density at radius 1 is 1.38 bits per heavy atom. The third kappa shape index (κ3) is 3.58. The van der Waals surface area contributed by atoms with Gasteiger partial charge in [-0.2, -0.15) is 5.10 Å². The van der Waals surface area contributed by atoms with Crippen LogP contribution in [0.3, 0.4) is 0 Å². The molecular weight excluding hydrogens is 247 g/mol. The first-order chi connectivity index (χ1) is 7.07. The summed E-state index contributed by atoms with van der Waals surface area (Å²) in [5, 5.41) is 3.69. The van der Waals surface area contributed by atoms with E-state index in [-0.39, 0.29) is 57.6 Å². The van der Waals surface area contributed by atoms with E-state index in [1.54, 1.807) is 0 Å². The number of hydrogen-bond acceptors (Lipinski definition) is 2. The van der Waals surface area contributed by atoms with E-state index in [1.807, 2.05) is 0 Å². The van der Waals surface area contributed by atoms with Crippen LogP contribution in [0.5, 0.6) is 0 Å². The Bertz CT molecular complexity index is 338. The van der Waals surface area contributed by atoms with Crippen LogP contribution in [0.2, 0.25) is 0 Å². The summed E-state index contributed by atoms with van der Waals surface area (Å²) in [5.41, 5.74) is -0.663. The molecule has 1 aromatic rings. The molecule has 16 heavy (non-hydrogen) atoms. The fraction of sp³-hybridized carbons (Fsp3) is 0.625. The van der Waals surface area contributed by atoms with E-state index in [0.29, 0.717) is 6.61 Å². The summed E-state index contributed by atoms with van der Waals surface area (Å²) in [6.45, 7) is -4.36. The number of nitrogens with zero attached hydrogens (tertiary/aromatic N) is 2. The average Bonchev–Trinajstić information content (AvgIpc) is 2.67. The van der Waals surface area contributed by atoms with E-state index in [2.05, 4.69) is 5.10 Å². The minimum atomic E-state index is -4.95. The van der Waals surface area contributed by atoms with Crippen molar-refractivity contribution in [3.05, 3.63) is 12.4 Å². The second-order valence-corrected chi connectivity index (χ2v) is 3.65. The smallest absolute Gasteiger partial charge is 0.445 e. The maximum absolute atomic E-state index is 12.3. The van der Waals surface area contributed by atoms with Gasteiger partial charge in [-0.25, -0.2) is 4.68 Å². The number of ether oxygens (including phenoxy) is 1. The minimum absolute atomic E-state index is 0. The fourth-order valence-electron chi connectivity index (χ4n) is 1.61. The summed E-state index contributed by atoms with van der Waals surface area (Å²) in [7, 11) is 0. The van der Waals surface area contributed by atoms with Crippen molar-refractivity contribution in [1.29, 1.82) is 0 Å². The van der Waals surface area contributed by atoms with E-state index in [4.69, 9.17) is 4.74 Å². The summed E-state index contributed by atoms with van der Waals surface area (Å²) < 4.78 is 43.6. The molecule has 1 atom stereocenters. The van der Waals surface area contributed by atoms with Crippen molar-refractivity contribution in [2.45, 2.75) is 25.5 Å². The van der Waals surface area contributed by atoms with Crippen molar-refractivity contribution in [3.8, 4) is 0 Å². The van der Waals surface area contributed by atoms with Crippen LogP contribution < -0.4 is 56.8 Å². The van der Waals surface area contributed by atoms with Gasteiger partial charge >= 0.3 is 58.4 Å². The molecule has 0 saturated carbocycles. The van der Waals surface area contributed by atoms with E-state index in [0.717, 1.165) is 31.7 Å². The predicted octanol–water partition coefficient (Wildman–Crippen LogP) is -1.36. The van der Waals surface area contributed by atoms with E-state index in [9.17, 15) is 12.9 Å². The van der Waals surface area contributed by atoms with Crippen LogP contribution in [0.1, 0.15) is 25.5 Å². The van der Waals surface area contributed by atoms with Gasteiger partial charge in [0.2, 0.25) is 0 Å². The van der Waals surface area contributed by atoms with E-state index >= 15 is 0 Å². The van der Waals surface area contributed by atoms with Gasteiger partial charge in [-0.15, -0.1) is 0 Å². The normalized spacial score (nSPS) is 21.6. The molecule has 1 aliphatic heterocycles. The molecule has 0 aliphatic carbocycles. The molecule has 0 N–H and O–H groups in total. The van der Waals surface area contributed by atoms with E-state index < -0.39 is 12.4 Å². The zero-order valence-electron chi connectivity index (χ0n) is 9.07. The van der Waals surface area contributed by atoms with Gasteiger partial charge in [-0.3, -0.25) is 0 Å². The number of halogens is 3. The van der Waals surface area contributed by atoms with Crippen molar-refractivity contribution in [2.75, 3.05) is 6.61 Å². The maximum Gasteiger partial charge on any atom is 1.00 e. The molecule has 0 aromatic carbocycles. The van der Waals surface area contributed by atoms with Crippen molar-refractivity contribution in [2.24, 2.45) is 0 Å². The van der Waals surface area contributed by atoms with Crippen LogP contribution in [0.4, 0.5) is 12.9 Å². The molecule has 84 valence electrons. The Balaban J connectivity index is 0.00000128. The van der Waals surface area contributed by atoms with Crippen molar-refractivity contribution < 1.29 is 69.1 Å².